The first-order valence-electron chi connectivity index (χ1n) is 9.80. The topological polar surface area (TPSA) is 98.3 Å². The molecule has 1 atom stereocenters. The van der Waals surface area contributed by atoms with Gasteiger partial charge in [0.05, 0.1) is 12.0 Å². The summed E-state index contributed by atoms with van der Waals surface area (Å²) in [6, 6.07) is 0. The first kappa shape index (κ1) is 20.5. The van der Waals surface area contributed by atoms with Gasteiger partial charge in [0.15, 0.2) is 11.9 Å². The molecule has 0 bridgehead atoms. The Bertz CT molecular complexity index is 927. The largest absolute Gasteiger partial charge is 0.462 e. The SMILES string of the molecule is CCOC(=O)c1sc2nc([C@@H](C)OC(=O)CCC3CCCC3)[nH]c(=O)c2c1C. The Morgan fingerprint density at radius 1 is 1.32 bits per heavy atom. The third-order valence-corrected chi connectivity index (χ3v) is 6.37. The van der Waals surface area contributed by atoms with Crippen LogP contribution in [0.3, 0.4) is 0 Å². The summed E-state index contributed by atoms with van der Waals surface area (Å²) >= 11 is 1.12. The monoisotopic (exact) mass is 406 g/mol. The van der Waals surface area contributed by atoms with Crippen molar-refractivity contribution in [3.8, 4) is 0 Å². The second kappa shape index (κ2) is 8.86. The lowest BCUT2D eigenvalue weighted by Crippen LogP contribution is -2.17. The van der Waals surface area contributed by atoms with Gasteiger partial charge in [0.2, 0.25) is 0 Å². The number of rotatable bonds is 7. The molecule has 2 aromatic heterocycles. The van der Waals surface area contributed by atoms with Crippen molar-refractivity contribution in [2.45, 2.75) is 65.4 Å². The number of hydrogen-bond donors (Lipinski definition) is 1. The van der Waals surface area contributed by atoms with Gasteiger partial charge in [-0.2, -0.15) is 0 Å². The van der Waals surface area contributed by atoms with Crippen LogP contribution < -0.4 is 5.56 Å². The lowest BCUT2D eigenvalue weighted by molar-refractivity contribution is -0.149. The number of nitrogens with zero attached hydrogens (tertiary/aromatic N) is 1. The highest BCUT2D eigenvalue weighted by Crippen LogP contribution is 2.30. The Labute approximate surface area is 167 Å². The predicted octanol–water partition coefficient (Wildman–Crippen LogP) is 4.04. The molecule has 2 aromatic rings. The van der Waals surface area contributed by atoms with Crippen LogP contribution in [0, 0.1) is 12.8 Å². The quantitative estimate of drug-likeness (QED) is 0.697. The zero-order valence-corrected chi connectivity index (χ0v) is 17.3. The molecule has 8 heteroatoms. The van der Waals surface area contributed by atoms with Crippen LogP contribution in [0.2, 0.25) is 0 Å². The standard InChI is InChI=1S/C20H26N2O5S/c1-4-26-20(25)16-11(2)15-18(24)21-17(22-19(15)28-16)12(3)27-14(23)10-9-13-7-5-6-8-13/h12-13H,4-10H2,1-3H3,(H,21,22,24)/t12-/m1/s1. The number of ether oxygens (including phenoxy) is 2. The predicted molar refractivity (Wildman–Crippen MR) is 107 cm³/mol. The molecule has 28 heavy (non-hydrogen) atoms. The maximum absolute atomic E-state index is 12.5. The van der Waals surface area contributed by atoms with Gasteiger partial charge in [-0.25, -0.2) is 9.78 Å². The van der Waals surface area contributed by atoms with Crippen molar-refractivity contribution < 1.29 is 19.1 Å². The Morgan fingerprint density at radius 2 is 2.04 bits per heavy atom. The van der Waals surface area contributed by atoms with E-state index in [1.807, 2.05) is 0 Å². The number of fused-ring (bicyclic) bond motifs is 1. The van der Waals surface area contributed by atoms with Gasteiger partial charge in [-0.1, -0.05) is 25.7 Å². The van der Waals surface area contributed by atoms with E-state index in [4.69, 9.17) is 9.47 Å². The number of carbonyl (C=O) groups excluding carboxylic acids is 2. The van der Waals surface area contributed by atoms with Gasteiger partial charge in [-0.15, -0.1) is 11.3 Å². The van der Waals surface area contributed by atoms with E-state index < -0.39 is 12.1 Å². The summed E-state index contributed by atoms with van der Waals surface area (Å²) in [4.78, 5) is 44.7. The number of hydrogen-bond acceptors (Lipinski definition) is 7. The third kappa shape index (κ3) is 4.43. The minimum absolute atomic E-state index is 0.259. The molecule has 0 unspecified atom stereocenters. The molecule has 0 radical (unpaired) electrons. The van der Waals surface area contributed by atoms with Crippen LogP contribution in [0.5, 0.6) is 0 Å². The molecule has 2 heterocycles. The summed E-state index contributed by atoms with van der Waals surface area (Å²) in [6.45, 7) is 5.38. The molecule has 0 saturated heterocycles. The summed E-state index contributed by atoms with van der Waals surface area (Å²) in [5.74, 6) is 0.156. The highest BCUT2D eigenvalue weighted by atomic mass is 32.1. The van der Waals surface area contributed by atoms with Crippen molar-refractivity contribution in [1.82, 2.24) is 9.97 Å². The fourth-order valence-corrected chi connectivity index (χ4v) is 4.76. The third-order valence-electron chi connectivity index (χ3n) is 5.20. The van der Waals surface area contributed by atoms with Gasteiger partial charge >= 0.3 is 11.9 Å². The Hall–Kier alpha value is -2.22. The minimum Gasteiger partial charge on any atom is -0.462 e. The van der Waals surface area contributed by atoms with E-state index in [0.29, 0.717) is 33.0 Å². The molecule has 1 aliphatic rings. The molecule has 3 rings (SSSR count). The van der Waals surface area contributed by atoms with Crippen molar-refractivity contribution in [2.24, 2.45) is 5.92 Å². The van der Waals surface area contributed by atoms with Gasteiger partial charge in [0.1, 0.15) is 9.71 Å². The van der Waals surface area contributed by atoms with Crippen molar-refractivity contribution in [3.05, 3.63) is 26.6 Å². The zero-order valence-electron chi connectivity index (χ0n) is 16.5. The molecule has 0 aromatic carbocycles. The molecule has 0 aliphatic heterocycles. The highest BCUT2D eigenvalue weighted by molar-refractivity contribution is 7.20. The minimum atomic E-state index is -0.665. The van der Waals surface area contributed by atoms with Crippen molar-refractivity contribution >= 4 is 33.5 Å². The number of esters is 2. The first-order valence-corrected chi connectivity index (χ1v) is 10.6. The van der Waals surface area contributed by atoms with Crippen LogP contribution in [0.1, 0.15) is 79.5 Å². The van der Waals surface area contributed by atoms with Gasteiger partial charge < -0.3 is 14.5 Å². The fraction of sp³-hybridized carbons (Fsp3) is 0.600. The lowest BCUT2D eigenvalue weighted by Gasteiger charge is -2.13. The van der Waals surface area contributed by atoms with E-state index in [-0.39, 0.29) is 24.0 Å². The maximum atomic E-state index is 12.5. The van der Waals surface area contributed by atoms with Crippen LogP contribution in [-0.2, 0) is 14.3 Å². The van der Waals surface area contributed by atoms with Crippen molar-refractivity contribution in [3.63, 3.8) is 0 Å². The van der Waals surface area contributed by atoms with E-state index in [0.717, 1.165) is 17.8 Å². The van der Waals surface area contributed by atoms with E-state index >= 15 is 0 Å². The second-order valence-electron chi connectivity index (χ2n) is 7.23. The van der Waals surface area contributed by atoms with Gasteiger partial charge in [0, 0.05) is 6.42 Å². The van der Waals surface area contributed by atoms with Crippen LogP contribution in [0.15, 0.2) is 4.79 Å². The maximum Gasteiger partial charge on any atom is 0.348 e. The molecular weight excluding hydrogens is 380 g/mol. The Kier molecular flexibility index (Phi) is 6.49. The summed E-state index contributed by atoms with van der Waals surface area (Å²) in [5.41, 5.74) is 0.207. The molecule has 0 spiro atoms. The smallest absolute Gasteiger partial charge is 0.348 e. The van der Waals surface area contributed by atoms with E-state index in [1.54, 1.807) is 20.8 Å². The fourth-order valence-electron chi connectivity index (χ4n) is 3.68. The summed E-state index contributed by atoms with van der Waals surface area (Å²) in [6.07, 6.45) is 5.43. The highest BCUT2D eigenvalue weighted by Gasteiger charge is 2.23. The number of aromatic nitrogens is 2. The molecule has 1 aliphatic carbocycles. The summed E-state index contributed by atoms with van der Waals surface area (Å²) in [5, 5.41) is 0.372. The molecular formula is C20H26N2O5S. The molecule has 1 N–H and O–H groups in total. The number of carbonyl (C=O) groups is 2. The Morgan fingerprint density at radius 3 is 2.71 bits per heavy atom. The average Bonchev–Trinajstić information content (AvgIpc) is 3.28. The van der Waals surface area contributed by atoms with E-state index in [1.165, 1.54) is 25.7 Å². The molecule has 7 nitrogen and oxygen atoms in total. The number of nitrogens with one attached hydrogen (secondary N) is 1. The average molecular weight is 407 g/mol. The van der Waals surface area contributed by atoms with Gasteiger partial charge in [0.25, 0.3) is 5.56 Å². The number of H-pyrrole nitrogens is 1. The molecule has 1 fully saturated rings. The Balaban J connectivity index is 1.74. The summed E-state index contributed by atoms with van der Waals surface area (Å²) < 4.78 is 10.5. The van der Waals surface area contributed by atoms with E-state index in [2.05, 4.69) is 9.97 Å². The molecule has 1 saturated carbocycles. The molecule has 0 amide bonds. The lowest BCUT2D eigenvalue weighted by atomic mass is 10.0. The van der Waals surface area contributed by atoms with Gasteiger partial charge in [-0.05, 0) is 38.7 Å². The van der Waals surface area contributed by atoms with Gasteiger partial charge in [-0.3, -0.25) is 9.59 Å². The number of aromatic amines is 1. The van der Waals surface area contributed by atoms with Crippen LogP contribution in [-0.4, -0.2) is 28.5 Å². The number of aryl methyl sites for hydroxylation is 1. The van der Waals surface area contributed by atoms with Crippen molar-refractivity contribution in [2.75, 3.05) is 6.61 Å². The first-order chi connectivity index (χ1) is 13.4. The van der Waals surface area contributed by atoms with E-state index in [9.17, 15) is 14.4 Å². The normalized spacial score (nSPS) is 15.7. The van der Waals surface area contributed by atoms with Crippen LogP contribution >= 0.6 is 11.3 Å². The van der Waals surface area contributed by atoms with Crippen molar-refractivity contribution in [1.29, 1.82) is 0 Å². The van der Waals surface area contributed by atoms with Crippen LogP contribution in [0.25, 0.3) is 10.2 Å². The summed E-state index contributed by atoms with van der Waals surface area (Å²) in [7, 11) is 0. The number of thiophene rings is 1. The van der Waals surface area contributed by atoms with Crippen LogP contribution in [0.4, 0.5) is 0 Å². The molecule has 152 valence electrons. The second-order valence-corrected chi connectivity index (χ2v) is 8.23. The zero-order chi connectivity index (χ0) is 20.3.